The summed E-state index contributed by atoms with van der Waals surface area (Å²) >= 11 is 0. The number of benzene rings is 1. The van der Waals surface area contributed by atoms with Crippen molar-refractivity contribution in [3.8, 4) is 0 Å². The molecule has 0 radical (unpaired) electrons. The minimum Gasteiger partial charge on any atom is -0.330 e. The topological polar surface area (TPSA) is 29.1 Å². The second-order valence-electron chi connectivity index (χ2n) is 3.95. The van der Waals surface area contributed by atoms with Crippen LogP contribution in [0.3, 0.4) is 0 Å². The van der Waals surface area contributed by atoms with Crippen LogP contribution in [0.15, 0.2) is 36.5 Å². The van der Waals surface area contributed by atoms with E-state index >= 15 is 0 Å². The first-order valence-corrected chi connectivity index (χ1v) is 5.04. The fourth-order valence-corrected chi connectivity index (χ4v) is 1.88. The second-order valence-corrected chi connectivity index (χ2v) is 3.95. The van der Waals surface area contributed by atoms with Crippen LogP contribution in [0, 0.1) is 0 Å². The van der Waals surface area contributed by atoms with Crippen LogP contribution in [0.25, 0.3) is 0 Å². The summed E-state index contributed by atoms with van der Waals surface area (Å²) in [5, 5.41) is 2.51. The van der Waals surface area contributed by atoms with Crippen molar-refractivity contribution in [2.75, 3.05) is 0 Å². The highest BCUT2D eigenvalue weighted by molar-refractivity contribution is 5.83. The fourth-order valence-electron chi connectivity index (χ4n) is 1.88. The monoisotopic (exact) mass is 241 g/mol. The Morgan fingerprint density at radius 2 is 2.06 bits per heavy atom. The molecule has 5 heteroatoms. The minimum atomic E-state index is -4.37. The summed E-state index contributed by atoms with van der Waals surface area (Å²) in [5.74, 6) is -0.581. The molecule has 0 aromatic heterocycles. The number of hydrogen-bond donors (Lipinski definition) is 1. The van der Waals surface area contributed by atoms with E-state index in [2.05, 4.69) is 11.9 Å². The van der Waals surface area contributed by atoms with Gasteiger partial charge in [-0.1, -0.05) is 24.8 Å². The van der Waals surface area contributed by atoms with E-state index in [-0.39, 0.29) is 18.2 Å². The molecule has 0 saturated carbocycles. The molecule has 0 bridgehead atoms. The van der Waals surface area contributed by atoms with Crippen molar-refractivity contribution in [2.24, 2.45) is 0 Å². The predicted octanol–water partition coefficient (Wildman–Crippen LogP) is 2.82. The number of nitrogens with one attached hydrogen (secondary N) is 1. The highest BCUT2D eigenvalue weighted by Gasteiger charge is 2.32. The molecule has 1 aliphatic heterocycles. The zero-order valence-corrected chi connectivity index (χ0v) is 8.84. The normalized spacial score (nSPS) is 20.5. The average molecular weight is 241 g/mol. The van der Waals surface area contributed by atoms with Crippen molar-refractivity contribution in [3.63, 3.8) is 0 Å². The van der Waals surface area contributed by atoms with Gasteiger partial charge in [-0.05, 0) is 11.6 Å². The van der Waals surface area contributed by atoms with Gasteiger partial charge in [0.1, 0.15) is 0 Å². The number of allylic oxidation sites excluding steroid dienone is 1. The summed E-state index contributed by atoms with van der Waals surface area (Å²) in [6.45, 7) is 3.64. The third kappa shape index (κ3) is 2.33. The summed E-state index contributed by atoms with van der Waals surface area (Å²) in [4.78, 5) is 11.1. The van der Waals surface area contributed by atoms with Gasteiger partial charge in [-0.2, -0.15) is 13.2 Å². The fraction of sp³-hybridized carbons (Fsp3) is 0.250. The van der Waals surface area contributed by atoms with Crippen LogP contribution < -0.4 is 5.32 Å². The summed E-state index contributed by atoms with van der Waals surface area (Å²) in [7, 11) is 0. The SMILES string of the molecule is C=C1NC(=O)CC1c1cccc(C(F)(F)F)c1. The average Bonchev–Trinajstić information content (AvgIpc) is 2.57. The van der Waals surface area contributed by atoms with E-state index in [0.717, 1.165) is 12.1 Å². The van der Waals surface area contributed by atoms with Crippen molar-refractivity contribution < 1.29 is 18.0 Å². The van der Waals surface area contributed by atoms with E-state index in [4.69, 9.17) is 0 Å². The lowest BCUT2D eigenvalue weighted by Gasteiger charge is -2.13. The van der Waals surface area contributed by atoms with Crippen molar-refractivity contribution in [3.05, 3.63) is 47.7 Å². The molecular formula is C12H10F3NO. The zero-order valence-electron chi connectivity index (χ0n) is 8.84. The molecule has 1 aromatic rings. The lowest BCUT2D eigenvalue weighted by atomic mass is 9.94. The number of carbonyl (C=O) groups is 1. The number of carbonyl (C=O) groups excluding carboxylic acids is 1. The summed E-state index contributed by atoms with van der Waals surface area (Å²) in [6.07, 6.45) is -4.21. The molecule has 1 fully saturated rings. The maximum Gasteiger partial charge on any atom is 0.416 e. The van der Waals surface area contributed by atoms with E-state index in [0.29, 0.717) is 11.3 Å². The van der Waals surface area contributed by atoms with Gasteiger partial charge < -0.3 is 5.32 Å². The number of rotatable bonds is 1. The molecule has 1 aromatic carbocycles. The Balaban J connectivity index is 2.34. The summed E-state index contributed by atoms with van der Waals surface area (Å²) < 4.78 is 37.6. The molecule has 0 aliphatic carbocycles. The molecule has 0 spiro atoms. The molecule has 1 saturated heterocycles. The first-order chi connectivity index (χ1) is 7.88. The molecule has 1 N–H and O–H groups in total. The highest BCUT2D eigenvalue weighted by Crippen LogP contribution is 2.35. The summed E-state index contributed by atoms with van der Waals surface area (Å²) in [5.41, 5.74) is 0.208. The molecule has 2 rings (SSSR count). The maximum atomic E-state index is 12.5. The van der Waals surface area contributed by atoms with Gasteiger partial charge in [0.2, 0.25) is 5.91 Å². The van der Waals surface area contributed by atoms with Gasteiger partial charge in [0.05, 0.1) is 5.56 Å². The van der Waals surface area contributed by atoms with Crippen LogP contribution in [0.1, 0.15) is 23.5 Å². The Labute approximate surface area is 96.1 Å². The van der Waals surface area contributed by atoms with E-state index in [9.17, 15) is 18.0 Å². The molecule has 90 valence electrons. The second kappa shape index (κ2) is 3.91. The molecule has 17 heavy (non-hydrogen) atoms. The van der Waals surface area contributed by atoms with Crippen LogP contribution in [0.5, 0.6) is 0 Å². The van der Waals surface area contributed by atoms with E-state index < -0.39 is 11.7 Å². The number of hydrogen-bond acceptors (Lipinski definition) is 1. The quantitative estimate of drug-likeness (QED) is 0.804. The van der Waals surface area contributed by atoms with Crippen molar-refractivity contribution in [1.29, 1.82) is 0 Å². The van der Waals surface area contributed by atoms with Crippen LogP contribution in [0.4, 0.5) is 13.2 Å². The van der Waals surface area contributed by atoms with Crippen molar-refractivity contribution in [1.82, 2.24) is 5.32 Å². The van der Waals surface area contributed by atoms with E-state index in [1.54, 1.807) is 6.07 Å². The highest BCUT2D eigenvalue weighted by atomic mass is 19.4. The number of alkyl halides is 3. The Bertz CT molecular complexity index is 479. The molecule has 1 atom stereocenters. The van der Waals surface area contributed by atoms with Gasteiger partial charge in [-0.15, -0.1) is 0 Å². The van der Waals surface area contributed by atoms with Gasteiger partial charge in [-0.25, -0.2) is 0 Å². The van der Waals surface area contributed by atoms with Crippen LogP contribution in [0.2, 0.25) is 0 Å². The standard InChI is InChI=1S/C12H10F3NO/c1-7-10(6-11(17)16-7)8-3-2-4-9(5-8)12(13,14)15/h2-5,10H,1,6H2,(H,16,17). The van der Waals surface area contributed by atoms with Gasteiger partial charge in [0.15, 0.2) is 0 Å². The molecule has 1 heterocycles. The largest absolute Gasteiger partial charge is 0.416 e. The smallest absolute Gasteiger partial charge is 0.330 e. The molecule has 1 unspecified atom stereocenters. The molecule has 2 nitrogen and oxygen atoms in total. The Kier molecular flexibility index (Phi) is 2.69. The van der Waals surface area contributed by atoms with Gasteiger partial charge in [-0.3, -0.25) is 4.79 Å². The Morgan fingerprint density at radius 1 is 1.35 bits per heavy atom. The minimum absolute atomic E-state index is 0.153. The van der Waals surface area contributed by atoms with Crippen LogP contribution >= 0.6 is 0 Å². The summed E-state index contributed by atoms with van der Waals surface area (Å²) in [6, 6.07) is 4.99. The Hall–Kier alpha value is -1.78. The molecule has 1 aliphatic rings. The third-order valence-electron chi connectivity index (χ3n) is 2.73. The lowest BCUT2D eigenvalue weighted by Crippen LogP contribution is -2.11. The third-order valence-corrected chi connectivity index (χ3v) is 2.73. The van der Waals surface area contributed by atoms with Gasteiger partial charge >= 0.3 is 6.18 Å². The molecular weight excluding hydrogens is 231 g/mol. The first-order valence-electron chi connectivity index (χ1n) is 5.04. The van der Waals surface area contributed by atoms with Crippen LogP contribution in [-0.4, -0.2) is 5.91 Å². The van der Waals surface area contributed by atoms with Gasteiger partial charge in [0.25, 0.3) is 0 Å². The van der Waals surface area contributed by atoms with Crippen LogP contribution in [-0.2, 0) is 11.0 Å². The lowest BCUT2D eigenvalue weighted by molar-refractivity contribution is -0.137. The molecule has 1 amide bonds. The van der Waals surface area contributed by atoms with E-state index in [1.807, 2.05) is 0 Å². The Morgan fingerprint density at radius 3 is 2.59 bits per heavy atom. The maximum absolute atomic E-state index is 12.5. The zero-order chi connectivity index (χ0) is 12.6. The van der Waals surface area contributed by atoms with E-state index in [1.165, 1.54) is 6.07 Å². The van der Waals surface area contributed by atoms with Crippen molar-refractivity contribution in [2.45, 2.75) is 18.5 Å². The predicted molar refractivity (Wildman–Crippen MR) is 56.1 cm³/mol. The van der Waals surface area contributed by atoms with Gasteiger partial charge in [0, 0.05) is 18.0 Å². The first kappa shape index (κ1) is 11.7. The van der Waals surface area contributed by atoms with Crippen molar-refractivity contribution >= 4 is 5.91 Å². The number of amides is 1. The number of halogens is 3.